The van der Waals surface area contributed by atoms with Crippen LogP contribution in [0.4, 0.5) is 0 Å². The molecule has 6 nitrogen and oxygen atoms in total. The van der Waals surface area contributed by atoms with Crippen molar-refractivity contribution in [3.8, 4) is 52.2 Å². The largest absolute Gasteiger partial charge is 0.530 e. The lowest BCUT2D eigenvalue weighted by atomic mass is 9.85. The molecule has 68 heavy (non-hydrogen) atoms. The standard InChI is InChI=1S/C60H62O6P2/c1-14-39(8)31-54-44(13)43(12)52-35-46-20-16-18-22-51(46)59(60(52)66-68(62-54)65-57-34-42(11)25-29-49(57)38(6)7)58-50-21-17-15-19-45(50)26-30-53(58)61-67(63-55-32-40(9)23-27-47(55)36(2)3)64-56-33-41(10)24-28-48(56)37(4)5/h1,15-38,43H,2-13H3/b39-31-,54-44-. The highest BCUT2D eigenvalue weighted by atomic mass is 31.2. The molecule has 2 unspecified atom stereocenters. The van der Waals surface area contributed by atoms with Crippen molar-refractivity contribution in [2.24, 2.45) is 0 Å². The summed E-state index contributed by atoms with van der Waals surface area (Å²) in [7, 11) is -4.26. The quantitative estimate of drug-likeness (QED) is 0.0848. The van der Waals surface area contributed by atoms with Gasteiger partial charge in [0, 0.05) is 28.2 Å². The topological polar surface area (TPSA) is 55.4 Å². The van der Waals surface area contributed by atoms with Gasteiger partial charge in [-0.3, -0.25) is 0 Å². The maximum atomic E-state index is 7.38. The molecule has 0 saturated carbocycles. The van der Waals surface area contributed by atoms with Crippen LogP contribution in [0.1, 0.15) is 125 Å². The Morgan fingerprint density at radius 3 is 1.66 bits per heavy atom. The maximum Gasteiger partial charge on any atom is 0.530 e. The third kappa shape index (κ3) is 10.3. The van der Waals surface area contributed by atoms with Gasteiger partial charge in [-0.2, -0.15) is 0 Å². The summed E-state index contributed by atoms with van der Waals surface area (Å²) in [4.78, 5) is 0. The van der Waals surface area contributed by atoms with Gasteiger partial charge in [-0.1, -0.05) is 145 Å². The summed E-state index contributed by atoms with van der Waals surface area (Å²) >= 11 is 0. The van der Waals surface area contributed by atoms with Gasteiger partial charge < -0.3 is 27.1 Å². The van der Waals surface area contributed by atoms with Crippen LogP contribution in [0.15, 0.2) is 144 Å². The lowest BCUT2D eigenvalue weighted by Crippen LogP contribution is -2.12. The monoisotopic (exact) mass is 940 g/mol. The van der Waals surface area contributed by atoms with Crippen LogP contribution in [0, 0.1) is 33.1 Å². The lowest BCUT2D eigenvalue weighted by molar-refractivity contribution is 0.328. The summed E-state index contributed by atoms with van der Waals surface area (Å²) in [5, 5.41) is 4.03. The molecule has 0 amide bonds. The third-order valence-electron chi connectivity index (χ3n) is 12.7. The highest BCUT2D eigenvalue weighted by molar-refractivity contribution is 7.43. The van der Waals surface area contributed by atoms with Gasteiger partial charge in [0.05, 0.1) is 0 Å². The number of benzene rings is 7. The summed E-state index contributed by atoms with van der Waals surface area (Å²) in [6.45, 7) is 25.4. The van der Waals surface area contributed by atoms with Crippen molar-refractivity contribution in [1.82, 2.24) is 0 Å². The second-order valence-corrected chi connectivity index (χ2v) is 20.9. The Balaban J connectivity index is 1.40. The molecule has 0 bridgehead atoms. The Labute approximate surface area is 406 Å². The normalized spacial score (nSPS) is 16.3. The van der Waals surface area contributed by atoms with Crippen molar-refractivity contribution in [1.29, 1.82) is 0 Å². The Morgan fingerprint density at radius 2 is 1.10 bits per heavy atom. The van der Waals surface area contributed by atoms with Gasteiger partial charge in [0.15, 0.2) is 0 Å². The number of hydrogen-bond acceptors (Lipinski definition) is 6. The molecule has 0 aromatic heterocycles. The molecule has 7 aromatic rings. The van der Waals surface area contributed by atoms with Crippen molar-refractivity contribution >= 4 is 38.7 Å². The zero-order valence-corrected chi connectivity index (χ0v) is 43.1. The number of terminal acetylenes is 1. The molecule has 0 saturated heterocycles. The van der Waals surface area contributed by atoms with Crippen LogP contribution in [-0.2, 0) is 4.52 Å². The summed E-state index contributed by atoms with van der Waals surface area (Å²) in [6, 6.07) is 42.2. The molecule has 0 aliphatic carbocycles. The third-order valence-corrected chi connectivity index (χ3v) is 14.7. The Bertz CT molecular complexity index is 3060. The van der Waals surface area contributed by atoms with E-state index in [0.717, 1.165) is 94.3 Å². The highest BCUT2D eigenvalue weighted by Gasteiger charge is 2.35. The fourth-order valence-electron chi connectivity index (χ4n) is 8.68. The van der Waals surface area contributed by atoms with Crippen molar-refractivity contribution < 1.29 is 27.1 Å². The number of allylic oxidation sites excluding steroid dienone is 3. The van der Waals surface area contributed by atoms with E-state index in [-0.39, 0.29) is 23.7 Å². The van der Waals surface area contributed by atoms with E-state index in [1.54, 1.807) is 0 Å². The summed E-state index contributed by atoms with van der Waals surface area (Å²) in [6.07, 6.45) is 7.86. The van der Waals surface area contributed by atoms with Gasteiger partial charge in [0.1, 0.15) is 34.5 Å². The maximum absolute atomic E-state index is 7.38. The van der Waals surface area contributed by atoms with Crippen molar-refractivity contribution in [2.45, 2.75) is 107 Å². The van der Waals surface area contributed by atoms with Crippen molar-refractivity contribution in [2.75, 3.05) is 0 Å². The first kappa shape index (κ1) is 48.2. The van der Waals surface area contributed by atoms with E-state index >= 15 is 0 Å². The first-order valence-corrected chi connectivity index (χ1v) is 25.7. The van der Waals surface area contributed by atoms with Gasteiger partial charge in [-0.15, -0.1) is 6.42 Å². The summed E-state index contributed by atoms with van der Waals surface area (Å²) < 4.78 is 42.7. The number of aryl methyl sites for hydroxylation is 3. The molecule has 8 heteroatoms. The molecule has 2 atom stereocenters. The van der Waals surface area contributed by atoms with Gasteiger partial charge >= 0.3 is 17.2 Å². The minimum absolute atomic E-state index is 0.165. The van der Waals surface area contributed by atoms with E-state index in [9.17, 15) is 0 Å². The molecule has 1 aliphatic rings. The first-order valence-electron chi connectivity index (χ1n) is 23.5. The van der Waals surface area contributed by atoms with Gasteiger partial charge in [0.2, 0.25) is 0 Å². The molecule has 0 radical (unpaired) electrons. The molecule has 348 valence electrons. The van der Waals surface area contributed by atoms with Crippen LogP contribution in [0.25, 0.3) is 32.7 Å². The molecule has 7 aromatic carbocycles. The van der Waals surface area contributed by atoms with Crippen LogP contribution in [-0.4, -0.2) is 0 Å². The Kier molecular flexibility index (Phi) is 14.6. The predicted octanol–water partition coefficient (Wildman–Crippen LogP) is 18.4. The fourth-order valence-corrected chi connectivity index (χ4v) is 10.9. The van der Waals surface area contributed by atoms with Crippen LogP contribution in [0.3, 0.4) is 0 Å². The molecular formula is C60H62O6P2. The van der Waals surface area contributed by atoms with E-state index < -0.39 is 17.2 Å². The van der Waals surface area contributed by atoms with E-state index in [2.05, 4.69) is 197 Å². The van der Waals surface area contributed by atoms with E-state index in [1.165, 1.54) is 0 Å². The smallest absolute Gasteiger partial charge is 0.409 e. The minimum atomic E-state index is -2.13. The van der Waals surface area contributed by atoms with Crippen LogP contribution >= 0.6 is 17.2 Å². The molecule has 0 fully saturated rings. The zero-order valence-electron chi connectivity index (χ0n) is 41.4. The SMILES string of the molecule is C#C/C(C)=C\C1=C(/C)C(C)c2cc3ccccc3c(-c3c(OP(Oc4cc(C)ccc4C(C)C)Oc4cc(C)ccc4C(C)C)ccc4ccccc34)c2OP(Oc2cc(C)ccc2C(C)C)O1. The van der Waals surface area contributed by atoms with Gasteiger partial charge in [-0.25, -0.2) is 0 Å². The van der Waals surface area contributed by atoms with Crippen LogP contribution in [0.5, 0.6) is 28.7 Å². The molecule has 1 aliphatic heterocycles. The number of hydrogen-bond donors (Lipinski definition) is 0. The Hall–Kier alpha value is -6.24. The molecular weight excluding hydrogens is 879 g/mol. The average molecular weight is 941 g/mol. The van der Waals surface area contributed by atoms with Crippen molar-refractivity contribution in [3.63, 3.8) is 0 Å². The number of rotatable bonds is 13. The van der Waals surface area contributed by atoms with Crippen LogP contribution < -0.4 is 22.6 Å². The minimum Gasteiger partial charge on any atom is -0.409 e. The first-order chi connectivity index (χ1) is 32.6. The zero-order chi connectivity index (χ0) is 48.4. The van der Waals surface area contributed by atoms with Gasteiger partial charge in [0.25, 0.3) is 0 Å². The molecule has 0 N–H and O–H groups in total. The highest BCUT2D eigenvalue weighted by Crippen LogP contribution is 2.58. The molecule has 1 heterocycles. The average Bonchev–Trinajstić information content (AvgIpc) is 3.30. The van der Waals surface area contributed by atoms with E-state index in [1.807, 2.05) is 19.1 Å². The predicted molar refractivity (Wildman–Crippen MR) is 284 cm³/mol. The Morgan fingerprint density at radius 1 is 0.603 bits per heavy atom. The second-order valence-electron chi connectivity index (χ2n) is 18.9. The fraction of sp³-hybridized carbons (Fsp3) is 0.267. The molecule has 0 spiro atoms. The van der Waals surface area contributed by atoms with E-state index in [4.69, 9.17) is 33.6 Å². The van der Waals surface area contributed by atoms with Gasteiger partial charge in [-0.05, 0) is 149 Å². The molecule has 8 rings (SSSR count). The second kappa shape index (κ2) is 20.5. The number of fused-ring (bicyclic) bond motifs is 3. The van der Waals surface area contributed by atoms with Crippen LogP contribution in [0.2, 0.25) is 0 Å². The lowest BCUT2D eigenvalue weighted by Gasteiger charge is -2.30. The summed E-state index contributed by atoms with van der Waals surface area (Å²) in [5.41, 5.74) is 10.8. The van der Waals surface area contributed by atoms with Crippen molar-refractivity contribution in [3.05, 3.63) is 183 Å². The van der Waals surface area contributed by atoms with E-state index in [0.29, 0.717) is 23.0 Å². The summed E-state index contributed by atoms with van der Waals surface area (Å²) in [5.74, 6) is 7.20.